The van der Waals surface area contributed by atoms with Gasteiger partial charge in [0.2, 0.25) is 11.7 Å². The molecular weight excluding hydrogens is 496 g/mol. The van der Waals surface area contributed by atoms with Gasteiger partial charge in [0.25, 0.3) is 0 Å². The number of nitrogens with one attached hydrogen (secondary N) is 1. The summed E-state index contributed by atoms with van der Waals surface area (Å²) in [5.74, 6) is 3.07. The Balaban J connectivity index is 1.44. The van der Waals surface area contributed by atoms with E-state index in [0.29, 0.717) is 43.6 Å². The molecule has 1 aliphatic heterocycles. The first-order chi connectivity index (χ1) is 18.1. The molecule has 0 radical (unpaired) electrons. The quantitative estimate of drug-likeness (QED) is 0.226. The van der Waals surface area contributed by atoms with Crippen LogP contribution in [-0.2, 0) is 16.1 Å². The zero-order chi connectivity index (χ0) is 26.2. The van der Waals surface area contributed by atoms with E-state index in [0.717, 1.165) is 46.4 Å². The van der Waals surface area contributed by atoms with Crippen LogP contribution < -0.4 is 24.4 Å². The van der Waals surface area contributed by atoms with Crippen molar-refractivity contribution in [3.8, 4) is 17.2 Å². The number of hydrogen-bond acceptors (Lipinski definition) is 10. The molecule has 12 heteroatoms. The SMILES string of the molecule is CCSc1nc(N2CCOCC2)c2cnn(CCNC(=O)/C=C\c3cc(OC)c(OC)c(OC)c3)c2n1. The molecule has 1 aliphatic rings. The first-order valence-electron chi connectivity index (χ1n) is 12.0. The smallest absolute Gasteiger partial charge is 0.244 e. The number of rotatable bonds is 11. The summed E-state index contributed by atoms with van der Waals surface area (Å²) in [6, 6.07) is 3.55. The largest absolute Gasteiger partial charge is 0.493 e. The first kappa shape index (κ1) is 26.6. The van der Waals surface area contributed by atoms with Gasteiger partial charge in [-0.25, -0.2) is 14.6 Å². The van der Waals surface area contributed by atoms with Crippen molar-refractivity contribution in [3.63, 3.8) is 0 Å². The molecule has 11 nitrogen and oxygen atoms in total. The van der Waals surface area contributed by atoms with Gasteiger partial charge in [-0.2, -0.15) is 5.10 Å². The molecule has 2 aromatic heterocycles. The normalized spacial score (nSPS) is 13.8. The van der Waals surface area contributed by atoms with Crippen molar-refractivity contribution in [1.82, 2.24) is 25.1 Å². The molecule has 1 N–H and O–H groups in total. The summed E-state index contributed by atoms with van der Waals surface area (Å²) in [5.41, 5.74) is 1.51. The van der Waals surface area contributed by atoms with Gasteiger partial charge in [-0.1, -0.05) is 18.7 Å². The van der Waals surface area contributed by atoms with Crippen LogP contribution in [0.3, 0.4) is 0 Å². The monoisotopic (exact) mass is 528 g/mol. The van der Waals surface area contributed by atoms with Crippen molar-refractivity contribution in [2.75, 3.05) is 64.8 Å². The molecule has 4 rings (SSSR count). The van der Waals surface area contributed by atoms with E-state index in [1.807, 2.05) is 4.68 Å². The van der Waals surface area contributed by atoms with E-state index in [1.54, 1.807) is 57.5 Å². The highest BCUT2D eigenvalue weighted by molar-refractivity contribution is 7.99. The highest BCUT2D eigenvalue weighted by Crippen LogP contribution is 2.38. The van der Waals surface area contributed by atoms with Crippen molar-refractivity contribution in [2.24, 2.45) is 0 Å². The molecule has 0 saturated carbocycles. The predicted octanol–water partition coefficient (Wildman–Crippen LogP) is 2.63. The third-order valence-corrected chi connectivity index (χ3v) is 6.51. The molecule has 3 heterocycles. The van der Waals surface area contributed by atoms with E-state index in [9.17, 15) is 4.79 Å². The summed E-state index contributed by atoms with van der Waals surface area (Å²) in [5, 5.41) is 9.06. The standard InChI is InChI=1S/C25H32N6O5S/c1-5-37-25-28-23(30-10-12-36-13-11-30)18-16-27-31(24(18)29-25)9-8-26-21(32)7-6-17-14-19(33-2)22(35-4)20(15-17)34-3/h6-7,14-16H,5,8-13H2,1-4H3,(H,26,32)/b7-6-. The highest BCUT2D eigenvalue weighted by Gasteiger charge is 2.20. The van der Waals surface area contributed by atoms with Crippen molar-refractivity contribution in [1.29, 1.82) is 0 Å². The van der Waals surface area contributed by atoms with Crippen LogP contribution in [0.4, 0.5) is 5.82 Å². The number of aromatic nitrogens is 4. The van der Waals surface area contributed by atoms with Gasteiger partial charge in [-0.3, -0.25) is 4.79 Å². The van der Waals surface area contributed by atoms with E-state index >= 15 is 0 Å². The number of methoxy groups -OCH3 is 3. The van der Waals surface area contributed by atoms with E-state index in [1.165, 1.54) is 6.08 Å². The summed E-state index contributed by atoms with van der Waals surface area (Å²) in [4.78, 5) is 24.2. The minimum Gasteiger partial charge on any atom is -0.493 e. The lowest BCUT2D eigenvalue weighted by Crippen LogP contribution is -2.37. The Kier molecular flexibility index (Phi) is 9.07. The van der Waals surface area contributed by atoms with Gasteiger partial charge in [0.1, 0.15) is 5.82 Å². The van der Waals surface area contributed by atoms with E-state index in [2.05, 4.69) is 22.2 Å². The fraction of sp³-hybridized carbons (Fsp3) is 0.440. The lowest BCUT2D eigenvalue weighted by atomic mass is 10.1. The average Bonchev–Trinajstić information content (AvgIpc) is 3.34. The minimum absolute atomic E-state index is 0.226. The maximum Gasteiger partial charge on any atom is 0.244 e. The maximum atomic E-state index is 12.5. The lowest BCUT2D eigenvalue weighted by molar-refractivity contribution is -0.116. The number of anilines is 1. The van der Waals surface area contributed by atoms with Gasteiger partial charge in [-0.15, -0.1) is 0 Å². The average molecular weight is 529 g/mol. The van der Waals surface area contributed by atoms with Crippen LogP contribution in [0.2, 0.25) is 0 Å². The van der Waals surface area contributed by atoms with Crippen LogP contribution in [0, 0.1) is 0 Å². The number of hydrogen-bond donors (Lipinski definition) is 1. The summed E-state index contributed by atoms with van der Waals surface area (Å²) in [6.45, 7) is 5.84. The molecule has 37 heavy (non-hydrogen) atoms. The zero-order valence-electron chi connectivity index (χ0n) is 21.5. The molecule has 1 saturated heterocycles. The van der Waals surface area contributed by atoms with Crippen molar-refractivity contribution in [2.45, 2.75) is 18.6 Å². The van der Waals surface area contributed by atoms with E-state index in [4.69, 9.17) is 28.9 Å². The van der Waals surface area contributed by atoms with E-state index < -0.39 is 0 Å². The molecule has 0 unspecified atom stereocenters. The molecule has 1 aromatic carbocycles. The number of nitrogens with zero attached hydrogens (tertiary/aromatic N) is 5. The van der Waals surface area contributed by atoms with Gasteiger partial charge in [0, 0.05) is 25.7 Å². The number of carbonyl (C=O) groups excluding carboxylic acids is 1. The third kappa shape index (κ3) is 6.25. The Morgan fingerprint density at radius 3 is 2.51 bits per heavy atom. The first-order valence-corrected chi connectivity index (χ1v) is 13.0. The predicted molar refractivity (Wildman–Crippen MR) is 143 cm³/mol. The highest BCUT2D eigenvalue weighted by atomic mass is 32.2. The summed E-state index contributed by atoms with van der Waals surface area (Å²) in [6.07, 6.45) is 4.96. The number of fused-ring (bicyclic) bond motifs is 1. The van der Waals surface area contributed by atoms with Gasteiger partial charge < -0.3 is 29.2 Å². The molecule has 198 valence electrons. The second-order valence-electron chi connectivity index (χ2n) is 8.05. The molecule has 0 spiro atoms. The van der Waals surface area contributed by atoms with Gasteiger partial charge >= 0.3 is 0 Å². The summed E-state index contributed by atoms with van der Waals surface area (Å²) in [7, 11) is 4.65. The Hall–Kier alpha value is -3.51. The van der Waals surface area contributed by atoms with Crippen LogP contribution in [0.1, 0.15) is 12.5 Å². The number of carbonyl (C=O) groups is 1. The Bertz CT molecular complexity index is 1230. The fourth-order valence-electron chi connectivity index (χ4n) is 4.01. The fourth-order valence-corrected chi connectivity index (χ4v) is 4.57. The Labute approximate surface area is 220 Å². The number of amides is 1. The maximum absolute atomic E-state index is 12.5. The van der Waals surface area contributed by atoms with Crippen LogP contribution >= 0.6 is 11.8 Å². The van der Waals surface area contributed by atoms with Crippen molar-refractivity contribution in [3.05, 3.63) is 30.0 Å². The number of benzene rings is 1. The van der Waals surface area contributed by atoms with Crippen LogP contribution in [0.25, 0.3) is 17.1 Å². The number of thioether (sulfide) groups is 1. The number of ether oxygens (including phenoxy) is 4. The van der Waals surface area contributed by atoms with Crippen LogP contribution in [-0.4, -0.2) is 85.6 Å². The second-order valence-corrected chi connectivity index (χ2v) is 9.28. The van der Waals surface area contributed by atoms with Crippen molar-refractivity contribution >= 4 is 40.6 Å². The third-order valence-electron chi connectivity index (χ3n) is 5.78. The zero-order valence-corrected chi connectivity index (χ0v) is 22.3. The molecule has 3 aromatic rings. The van der Waals surface area contributed by atoms with Crippen LogP contribution in [0.5, 0.6) is 17.2 Å². The molecule has 1 amide bonds. The molecular formula is C25H32N6O5S. The molecule has 0 atom stereocenters. The topological polar surface area (TPSA) is 113 Å². The summed E-state index contributed by atoms with van der Waals surface area (Å²) >= 11 is 1.60. The molecule has 0 aliphatic carbocycles. The lowest BCUT2D eigenvalue weighted by Gasteiger charge is -2.28. The van der Waals surface area contributed by atoms with Crippen LogP contribution in [0.15, 0.2) is 29.6 Å². The molecule has 1 fully saturated rings. The minimum atomic E-state index is -0.226. The van der Waals surface area contributed by atoms with Gasteiger partial charge in [-0.05, 0) is 29.5 Å². The van der Waals surface area contributed by atoms with Gasteiger partial charge in [0.15, 0.2) is 22.3 Å². The molecule has 0 bridgehead atoms. The van der Waals surface area contributed by atoms with Gasteiger partial charge in [0.05, 0.1) is 52.7 Å². The number of morpholine rings is 1. The van der Waals surface area contributed by atoms with E-state index in [-0.39, 0.29) is 5.91 Å². The summed E-state index contributed by atoms with van der Waals surface area (Å²) < 4.78 is 23.4. The van der Waals surface area contributed by atoms with Crippen molar-refractivity contribution < 1.29 is 23.7 Å². The Morgan fingerprint density at radius 2 is 1.86 bits per heavy atom. The Morgan fingerprint density at radius 1 is 1.14 bits per heavy atom. The second kappa shape index (κ2) is 12.6.